The molecule has 1 heterocycles. The van der Waals surface area contributed by atoms with Crippen LogP contribution in [0.2, 0.25) is 0 Å². The van der Waals surface area contributed by atoms with E-state index in [0.29, 0.717) is 32.0 Å². The van der Waals surface area contributed by atoms with Crippen molar-refractivity contribution in [2.24, 2.45) is 0 Å². The van der Waals surface area contributed by atoms with E-state index in [-0.39, 0.29) is 18.6 Å². The first-order valence-electron chi connectivity index (χ1n) is 9.32. The first-order valence-corrected chi connectivity index (χ1v) is 10.5. The molecular weight excluding hydrogens is 441 g/mol. The van der Waals surface area contributed by atoms with Crippen LogP contribution in [0.3, 0.4) is 0 Å². The molecule has 6 nitrogen and oxygen atoms in total. The molecule has 0 N–H and O–H groups in total. The number of halogens is 1. The fourth-order valence-electron chi connectivity index (χ4n) is 2.78. The lowest BCUT2D eigenvalue weighted by atomic mass is 10.2. The number of amides is 1. The molecule has 31 heavy (non-hydrogen) atoms. The maximum Gasteiger partial charge on any atom is 0.344 e. The van der Waals surface area contributed by atoms with Crippen LogP contribution in [0.5, 0.6) is 11.5 Å². The Morgan fingerprint density at radius 3 is 2.68 bits per heavy atom. The van der Waals surface area contributed by atoms with Crippen LogP contribution in [0.4, 0.5) is 10.1 Å². The third-order valence-corrected chi connectivity index (χ3v) is 5.36. The maximum absolute atomic E-state index is 13.6. The second-order valence-electron chi connectivity index (χ2n) is 6.73. The monoisotopic (exact) mass is 461 g/mol. The molecular formula is C22H20FNO5S2. The number of hydrogen-bond acceptors (Lipinski definition) is 7. The summed E-state index contributed by atoms with van der Waals surface area (Å²) < 4.78 is 29.7. The fraction of sp³-hybridized carbons (Fsp3) is 0.227. The van der Waals surface area contributed by atoms with Gasteiger partial charge in [0.1, 0.15) is 5.82 Å². The SMILES string of the molecule is COc1cc(/C=C2/SC(=S)N(c3cccc(F)c3)C2=O)ccc1OCC(=O)OC(C)C. The van der Waals surface area contributed by atoms with E-state index in [1.165, 1.54) is 30.2 Å². The van der Waals surface area contributed by atoms with Gasteiger partial charge in [-0.25, -0.2) is 9.18 Å². The van der Waals surface area contributed by atoms with Crippen molar-refractivity contribution in [1.29, 1.82) is 0 Å². The second kappa shape index (κ2) is 9.93. The Labute approximate surface area is 189 Å². The Balaban J connectivity index is 1.78. The average Bonchev–Trinajstić information content (AvgIpc) is 2.99. The zero-order valence-corrected chi connectivity index (χ0v) is 18.7. The smallest absolute Gasteiger partial charge is 0.344 e. The standard InChI is InChI=1S/C22H20FNO5S2/c1-13(2)29-20(25)12-28-17-8-7-14(9-18(17)27-3)10-19-21(26)24(22(30)31-19)16-6-4-5-15(23)11-16/h4-11,13H,12H2,1-3H3/b19-10+. The summed E-state index contributed by atoms with van der Waals surface area (Å²) in [4.78, 5) is 26.2. The molecule has 0 atom stereocenters. The van der Waals surface area contributed by atoms with E-state index in [0.717, 1.165) is 11.8 Å². The van der Waals surface area contributed by atoms with E-state index in [4.69, 9.17) is 26.4 Å². The molecule has 0 saturated carbocycles. The number of methoxy groups -OCH3 is 1. The van der Waals surface area contributed by atoms with Crippen LogP contribution < -0.4 is 14.4 Å². The zero-order valence-electron chi connectivity index (χ0n) is 17.1. The topological polar surface area (TPSA) is 65.1 Å². The molecule has 3 rings (SSSR count). The summed E-state index contributed by atoms with van der Waals surface area (Å²) in [5.74, 6) is -0.508. The van der Waals surface area contributed by atoms with Gasteiger partial charge in [0.05, 0.1) is 23.8 Å². The highest BCUT2D eigenvalue weighted by molar-refractivity contribution is 8.27. The van der Waals surface area contributed by atoms with Gasteiger partial charge < -0.3 is 14.2 Å². The van der Waals surface area contributed by atoms with Crippen molar-refractivity contribution in [3.63, 3.8) is 0 Å². The Morgan fingerprint density at radius 1 is 1.23 bits per heavy atom. The number of rotatable bonds is 7. The van der Waals surface area contributed by atoms with Crippen molar-refractivity contribution < 1.29 is 28.2 Å². The first kappa shape index (κ1) is 22.8. The molecule has 1 fully saturated rings. The minimum atomic E-state index is -0.484. The summed E-state index contributed by atoms with van der Waals surface area (Å²) in [7, 11) is 1.47. The van der Waals surface area contributed by atoms with Gasteiger partial charge in [-0.3, -0.25) is 9.69 Å². The van der Waals surface area contributed by atoms with Gasteiger partial charge in [0.15, 0.2) is 22.4 Å². The number of nitrogens with zero attached hydrogens (tertiary/aromatic N) is 1. The van der Waals surface area contributed by atoms with E-state index < -0.39 is 11.8 Å². The predicted octanol–water partition coefficient (Wildman–Crippen LogP) is 4.57. The van der Waals surface area contributed by atoms with Crippen molar-refractivity contribution in [2.75, 3.05) is 18.6 Å². The summed E-state index contributed by atoms with van der Waals surface area (Å²) >= 11 is 6.44. The van der Waals surface area contributed by atoms with Gasteiger partial charge in [-0.05, 0) is 55.8 Å². The van der Waals surface area contributed by atoms with Crippen LogP contribution in [0.25, 0.3) is 6.08 Å². The number of carbonyl (C=O) groups is 2. The van der Waals surface area contributed by atoms with E-state index in [2.05, 4.69) is 0 Å². The lowest BCUT2D eigenvalue weighted by Gasteiger charge is -2.14. The third-order valence-electron chi connectivity index (χ3n) is 4.06. The van der Waals surface area contributed by atoms with Gasteiger partial charge in [-0.2, -0.15) is 0 Å². The first-order chi connectivity index (χ1) is 14.8. The minimum Gasteiger partial charge on any atom is -0.493 e. The molecule has 0 bridgehead atoms. The lowest BCUT2D eigenvalue weighted by Crippen LogP contribution is -2.27. The number of carbonyl (C=O) groups excluding carboxylic acids is 2. The summed E-state index contributed by atoms with van der Waals surface area (Å²) in [5.41, 5.74) is 1.05. The second-order valence-corrected chi connectivity index (χ2v) is 8.41. The number of benzene rings is 2. The molecule has 0 radical (unpaired) electrons. The third kappa shape index (κ3) is 5.62. The Bertz CT molecular complexity index is 1050. The molecule has 1 aliphatic heterocycles. The zero-order chi connectivity index (χ0) is 22.5. The van der Waals surface area contributed by atoms with Crippen LogP contribution in [0, 0.1) is 5.82 Å². The number of hydrogen-bond donors (Lipinski definition) is 0. The van der Waals surface area contributed by atoms with Crippen LogP contribution in [0.1, 0.15) is 19.4 Å². The molecule has 162 valence electrons. The molecule has 0 spiro atoms. The highest BCUT2D eigenvalue weighted by Gasteiger charge is 2.33. The van der Waals surface area contributed by atoms with E-state index >= 15 is 0 Å². The number of thiocarbonyl (C=S) groups is 1. The summed E-state index contributed by atoms with van der Waals surface area (Å²) in [5, 5.41) is 0. The lowest BCUT2D eigenvalue weighted by molar-refractivity contribution is -0.149. The minimum absolute atomic E-state index is 0.230. The molecule has 2 aromatic rings. The molecule has 1 aliphatic rings. The number of ether oxygens (including phenoxy) is 3. The highest BCUT2D eigenvalue weighted by atomic mass is 32.2. The van der Waals surface area contributed by atoms with Crippen molar-refractivity contribution >= 4 is 51.9 Å². The van der Waals surface area contributed by atoms with Crippen LogP contribution in [-0.2, 0) is 14.3 Å². The fourth-order valence-corrected chi connectivity index (χ4v) is 4.08. The van der Waals surface area contributed by atoms with Crippen LogP contribution in [-0.4, -0.2) is 36.0 Å². The van der Waals surface area contributed by atoms with E-state index in [9.17, 15) is 14.0 Å². The summed E-state index contributed by atoms with van der Waals surface area (Å²) in [6.45, 7) is 3.26. The summed E-state index contributed by atoms with van der Waals surface area (Å²) in [6.07, 6.45) is 1.43. The Hall–Kier alpha value is -2.91. The van der Waals surface area contributed by atoms with Crippen LogP contribution >= 0.6 is 24.0 Å². The number of anilines is 1. The van der Waals surface area contributed by atoms with Gasteiger partial charge in [0.2, 0.25) is 0 Å². The van der Waals surface area contributed by atoms with Gasteiger partial charge in [0.25, 0.3) is 5.91 Å². The van der Waals surface area contributed by atoms with Crippen molar-refractivity contribution in [2.45, 2.75) is 20.0 Å². The largest absolute Gasteiger partial charge is 0.493 e. The van der Waals surface area contributed by atoms with E-state index in [1.807, 2.05) is 0 Å². The molecule has 1 amide bonds. The molecule has 0 unspecified atom stereocenters. The Kier molecular flexibility index (Phi) is 7.29. The van der Waals surface area contributed by atoms with Crippen LogP contribution in [0.15, 0.2) is 47.4 Å². The Morgan fingerprint density at radius 2 is 2.00 bits per heavy atom. The van der Waals surface area contributed by atoms with Gasteiger partial charge in [0, 0.05) is 0 Å². The molecule has 1 saturated heterocycles. The molecule has 0 aliphatic carbocycles. The van der Waals surface area contributed by atoms with Gasteiger partial charge in [-0.1, -0.05) is 36.1 Å². The quantitative estimate of drug-likeness (QED) is 0.340. The average molecular weight is 462 g/mol. The van der Waals surface area contributed by atoms with E-state index in [1.54, 1.807) is 44.2 Å². The van der Waals surface area contributed by atoms with Crippen molar-refractivity contribution in [3.05, 3.63) is 58.8 Å². The van der Waals surface area contributed by atoms with Crippen molar-refractivity contribution in [1.82, 2.24) is 0 Å². The van der Waals surface area contributed by atoms with Gasteiger partial charge >= 0.3 is 5.97 Å². The number of esters is 1. The van der Waals surface area contributed by atoms with Gasteiger partial charge in [-0.15, -0.1) is 0 Å². The highest BCUT2D eigenvalue weighted by Crippen LogP contribution is 2.37. The molecule has 2 aromatic carbocycles. The maximum atomic E-state index is 13.6. The number of thioether (sulfide) groups is 1. The molecule has 0 aromatic heterocycles. The predicted molar refractivity (Wildman–Crippen MR) is 122 cm³/mol. The normalized spacial score (nSPS) is 15.0. The molecule has 9 heteroatoms. The van der Waals surface area contributed by atoms with Crippen molar-refractivity contribution in [3.8, 4) is 11.5 Å². The summed E-state index contributed by atoms with van der Waals surface area (Å²) in [6, 6.07) is 10.7.